The van der Waals surface area contributed by atoms with E-state index in [1.807, 2.05) is 31.1 Å². The van der Waals surface area contributed by atoms with Crippen LogP contribution in [0.15, 0.2) is 47.4 Å². The van der Waals surface area contributed by atoms with Crippen LogP contribution in [-0.2, 0) is 11.2 Å². The van der Waals surface area contributed by atoms with Crippen molar-refractivity contribution in [3.8, 4) is 0 Å². The van der Waals surface area contributed by atoms with Crippen LogP contribution in [-0.4, -0.2) is 35.2 Å². The first kappa shape index (κ1) is 15.7. The third-order valence-corrected chi connectivity index (χ3v) is 3.59. The third-order valence-electron chi connectivity index (χ3n) is 3.59. The Hall–Kier alpha value is -3.22. The molecule has 0 fully saturated rings. The van der Waals surface area contributed by atoms with E-state index in [9.17, 15) is 9.59 Å². The van der Waals surface area contributed by atoms with Crippen LogP contribution in [0.2, 0.25) is 0 Å². The van der Waals surface area contributed by atoms with Crippen molar-refractivity contribution in [2.45, 2.75) is 6.42 Å². The van der Waals surface area contributed by atoms with Crippen molar-refractivity contribution >= 4 is 28.2 Å². The van der Waals surface area contributed by atoms with Gasteiger partial charge in [-0.15, -0.1) is 0 Å². The summed E-state index contributed by atoms with van der Waals surface area (Å²) in [5, 5.41) is 10.4. The average molecular weight is 323 g/mol. The first-order valence-electron chi connectivity index (χ1n) is 7.44. The summed E-state index contributed by atoms with van der Waals surface area (Å²) in [6, 6.07) is 10.7. The second kappa shape index (κ2) is 6.49. The van der Waals surface area contributed by atoms with Crippen molar-refractivity contribution < 1.29 is 4.79 Å². The second-order valence-electron chi connectivity index (χ2n) is 5.57. The SMILES string of the molecule is CN(C)c1ccc(NC(=O)Cc2n[nH]c(=O)c3ccccc23)cn1. The highest BCUT2D eigenvalue weighted by Crippen LogP contribution is 2.15. The van der Waals surface area contributed by atoms with Crippen LogP contribution in [0.4, 0.5) is 11.5 Å². The normalized spacial score (nSPS) is 10.6. The van der Waals surface area contributed by atoms with Gasteiger partial charge >= 0.3 is 0 Å². The summed E-state index contributed by atoms with van der Waals surface area (Å²) in [4.78, 5) is 30.1. The molecule has 24 heavy (non-hydrogen) atoms. The molecule has 0 unspecified atom stereocenters. The Morgan fingerprint density at radius 1 is 1.17 bits per heavy atom. The minimum absolute atomic E-state index is 0.0622. The number of nitrogens with one attached hydrogen (secondary N) is 2. The number of carbonyl (C=O) groups is 1. The predicted octanol–water partition coefficient (Wildman–Crippen LogP) is 1.57. The van der Waals surface area contributed by atoms with Gasteiger partial charge < -0.3 is 10.2 Å². The molecule has 3 rings (SSSR count). The highest BCUT2D eigenvalue weighted by molar-refractivity contribution is 5.95. The standard InChI is InChI=1S/C17H17N5O2/c1-22(2)15-8-7-11(10-18-15)19-16(23)9-14-12-5-3-4-6-13(12)17(24)21-20-14/h3-8,10H,9H2,1-2H3,(H,19,23)(H,21,24). The van der Waals surface area contributed by atoms with E-state index in [0.29, 0.717) is 22.2 Å². The summed E-state index contributed by atoms with van der Waals surface area (Å²) in [7, 11) is 3.79. The van der Waals surface area contributed by atoms with Crippen LogP contribution in [0.5, 0.6) is 0 Å². The van der Waals surface area contributed by atoms with E-state index in [-0.39, 0.29) is 17.9 Å². The van der Waals surface area contributed by atoms with Gasteiger partial charge in [0.1, 0.15) is 5.82 Å². The molecular weight excluding hydrogens is 306 g/mol. The third kappa shape index (κ3) is 3.24. The smallest absolute Gasteiger partial charge is 0.272 e. The summed E-state index contributed by atoms with van der Waals surface area (Å²) in [6.07, 6.45) is 1.67. The largest absolute Gasteiger partial charge is 0.363 e. The number of H-pyrrole nitrogens is 1. The van der Waals surface area contributed by atoms with Crippen LogP contribution >= 0.6 is 0 Å². The van der Waals surface area contributed by atoms with E-state index in [2.05, 4.69) is 20.5 Å². The monoisotopic (exact) mass is 323 g/mol. The zero-order chi connectivity index (χ0) is 17.1. The number of anilines is 2. The maximum atomic E-state index is 12.2. The number of benzene rings is 1. The minimum Gasteiger partial charge on any atom is -0.363 e. The van der Waals surface area contributed by atoms with Crippen LogP contribution in [0, 0.1) is 0 Å². The fraction of sp³-hybridized carbons (Fsp3) is 0.176. The zero-order valence-corrected chi connectivity index (χ0v) is 13.4. The number of amides is 1. The molecule has 1 aromatic carbocycles. The molecule has 3 aromatic rings. The molecule has 0 saturated carbocycles. The van der Waals surface area contributed by atoms with Crippen molar-refractivity contribution in [2.24, 2.45) is 0 Å². The molecule has 0 spiro atoms. The van der Waals surface area contributed by atoms with Gasteiger partial charge in [-0.05, 0) is 18.2 Å². The lowest BCUT2D eigenvalue weighted by atomic mass is 10.1. The molecule has 0 aliphatic carbocycles. The predicted molar refractivity (Wildman–Crippen MR) is 93.3 cm³/mol. The van der Waals surface area contributed by atoms with Crippen molar-refractivity contribution in [2.75, 3.05) is 24.3 Å². The quantitative estimate of drug-likeness (QED) is 0.760. The van der Waals surface area contributed by atoms with Gasteiger partial charge in [0.25, 0.3) is 5.56 Å². The van der Waals surface area contributed by atoms with Crippen LogP contribution in [0.1, 0.15) is 5.69 Å². The Morgan fingerprint density at radius 3 is 2.58 bits per heavy atom. The summed E-state index contributed by atoms with van der Waals surface area (Å²) in [6.45, 7) is 0. The van der Waals surface area contributed by atoms with Gasteiger partial charge in [-0.1, -0.05) is 18.2 Å². The summed E-state index contributed by atoms with van der Waals surface area (Å²) in [5.74, 6) is 0.584. The maximum absolute atomic E-state index is 12.2. The minimum atomic E-state index is -0.266. The number of carbonyl (C=O) groups excluding carboxylic acids is 1. The molecular formula is C17H17N5O2. The number of aromatic nitrogens is 3. The van der Waals surface area contributed by atoms with E-state index in [1.165, 1.54) is 0 Å². The Balaban J connectivity index is 1.78. The summed E-state index contributed by atoms with van der Waals surface area (Å²) >= 11 is 0. The van der Waals surface area contributed by atoms with Crippen LogP contribution < -0.4 is 15.8 Å². The second-order valence-corrected chi connectivity index (χ2v) is 5.57. The maximum Gasteiger partial charge on any atom is 0.272 e. The first-order chi connectivity index (χ1) is 11.5. The summed E-state index contributed by atoms with van der Waals surface area (Å²) in [5.41, 5.74) is 0.873. The Labute approximate surface area is 138 Å². The van der Waals surface area contributed by atoms with Crippen molar-refractivity contribution in [3.05, 3.63) is 58.6 Å². The lowest BCUT2D eigenvalue weighted by Gasteiger charge is -2.11. The lowest BCUT2D eigenvalue weighted by Crippen LogP contribution is -2.18. The van der Waals surface area contributed by atoms with Gasteiger partial charge in [-0.2, -0.15) is 5.10 Å². The number of aromatic amines is 1. The van der Waals surface area contributed by atoms with Gasteiger partial charge in [-0.25, -0.2) is 10.1 Å². The van der Waals surface area contributed by atoms with E-state index >= 15 is 0 Å². The topological polar surface area (TPSA) is 91.0 Å². The molecule has 0 saturated heterocycles. The molecule has 0 radical (unpaired) electrons. The molecule has 0 aliphatic heterocycles. The molecule has 7 nitrogen and oxygen atoms in total. The van der Waals surface area contributed by atoms with Crippen molar-refractivity contribution in [1.82, 2.24) is 15.2 Å². The van der Waals surface area contributed by atoms with Gasteiger partial charge in [0.05, 0.1) is 29.4 Å². The number of hydrogen-bond acceptors (Lipinski definition) is 5. The fourth-order valence-corrected chi connectivity index (χ4v) is 2.39. The van der Waals surface area contributed by atoms with Gasteiger partial charge in [0.2, 0.25) is 5.91 Å². The molecule has 122 valence electrons. The lowest BCUT2D eigenvalue weighted by molar-refractivity contribution is -0.115. The van der Waals surface area contributed by atoms with E-state index < -0.39 is 0 Å². The van der Waals surface area contributed by atoms with Gasteiger partial charge in [0, 0.05) is 19.5 Å². The van der Waals surface area contributed by atoms with E-state index in [0.717, 1.165) is 5.82 Å². The van der Waals surface area contributed by atoms with Gasteiger partial charge in [-0.3, -0.25) is 9.59 Å². The molecule has 0 atom stereocenters. The molecule has 2 heterocycles. The highest BCUT2D eigenvalue weighted by atomic mass is 16.1. The first-order valence-corrected chi connectivity index (χ1v) is 7.44. The Kier molecular flexibility index (Phi) is 4.24. The summed E-state index contributed by atoms with van der Waals surface area (Å²) < 4.78 is 0. The molecule has 2 aromatic heterocycles. The number of hydrogen-bond donors (Lipinski definition) is 2. The molecule has 7 heteroatoms. The molecule has 1 amide bonds. The number of pyridine rings is 1. The molecule has 0 aliphatic rings. The number of fused-ring (bicyclic) bond motifs is 1. The highest BCUT2D eigenvalue weighted by Gasteiger charge is 2.11. The fourth-order valence-electron chi connectivity index (χ4n) is 2.39. The number of nitrogens with zero attached hydrogens (tertiary/aromatic N) is 3. The molecule has 2 N–H and O–H groups in total. The average Bonchev–Trinajstić information content (AvgIpc) is 2.58. The van der Waals surface area contributed by atoms with Crippen LogP contribution in [0.3, 0.4) is 0 Å². The van der Waals surface area contributed by atoms with E-state index in [4.69, 9.17) is 0 Å². The van der Waals surface area contributed by atoms with Crippen molar-refractivity contribution in [3.63, 3.8) is 0 Å². The van der Waals surface area contributed by atoms with Gasteiger partial charge in [0.15, 0.2) is 0 Å². The van der Waals surface area contributed by atoms with Crippen LogP contribution in [0.25, 0.3) is 10.8 Å². The van der Waals surface area contributed by atoms with E-state index in [1.54, 1.807) is 30.5 Å². The van der Waals surface area contributed by atoms with Crippen molar-refractivity contribution in [1.29, 1.82) is 0 Å². The Bertz CT molecular complexity index is 932. The number of rotatable bonds is 4. The molecule has 0 bridgehead atoms. The Morgan fingerprint density at radius 2 is 1.92 bits per heavy atom. The zero-order valence-electron chi connectivity index (χ0n) is 13.4.